The van der Waals surface area contributed by atoms with Crippen LogP contribution in [0.1, 0.15) is 31.5 Å². The van der Waals surface area contributed by atoms with E-state index in [0.717, 1.165) is 26.0 Å². The summed E-state index contributed by atoms with van der Waals surface area (Å²) in [7, 11) is 0. The van der Waals surface area contributed by atoms with Crippen molar-refractivity contribution < 1.29 is 35.9 Å². The van der Waals surface area contributed by atoms with Gasteiger partial charge in [0.15, 0.2) is 5.82 Å². The number of rotatable bonds is 6. The zero-order valence-corrected chi connectivity index (χ0v) is 32.1. The van der Waals surface area contributed by atoms with Gasteiger partial charge in [0.05, 0.1) is 53.6 Å². The molecule has 0 radical (unpaired) electrons. The van der Waals surface area contributed by atoms with E-state index in [9.17, 15) is 9.60 Å². The molecular formula is C57H35N5O. The number of para-hydroxylation sites is 3. The number of hydrogen-bond donors (Lipinski definition) is 0. The smallest absolute Gasteiger partial charge is 0.240 e. The zero-order valence-electron chi connectivity index (χ0n) is 55.1. The molecule has 0 N–H and O–H groups in total. The van der Waals surface area contributed by atoms with Crippen LogP contribution in [0.25, 0.3) is 122 Å². The molecule has 13 aromatic rings. The van der Waals surface area contributed by atoms with Crippen LogP contribution in [0.5, 0.6) is 0 Å². The Bertz CT molecular complexity index is 5170. The van der Waals surface area contributed by atoms with E-state index in [1.807, 2.05) is 36.4 Å². The largest absolute Gasteiger partial charge is 0.456 e. The molecule has 6 nitrogen and oxygen atoms in total. The zero-order chi connectivity index (χ0) is 61.4. The maximum Gasteiger partial charge on any atom is 0.240 e. The van der Waals surface area contributed by atoms with Gasteiger partial charge in [-0.05, 0) is 81.8 Å². The predicted octanol–water partition coefficient (Wildman–Crippen LogP) is 14.6. The Morgan fingerprint density at radius 1 is 0.349 bits per heavy atom. The third-order valence-electron chi connectivity index (χ3n) is 10.8. The molecule has 0 aliphatic heterocycles. The Morgan fingerprint density at radius 2 is 0.921 bits per heavy atom. The summed E-state index contributed by atoms with van der Waals surface area (Å²) in [6.07, 6.45) is 0. The summed E-state index contributed by atoms with van der Waals surface area (Å²) in [6, 6.07) is 2.79. The lowest BCUT2D eigenvalue weighted by atomic mass is 10.0. The third kappa shape index (κ3) is 5.69. The van der Waals surface area contributed by atoms with Gasteiger partial charge in [-0.15, -0.1) is 0 Å². The van der Waals surface area contributed by atoms with Gasteiger partial charge in [0.1, 0.15) is 11.2 Å². The van der Waals surface area contributed by atoms with Gasteiger partial charge in [0.25, 0.3) is 0 Å². The molecule has 13 rings (SSSR count). The minimum Gasteiger partial charge on any atom is -0.456 e. The van der Waals surface area contributed by atoms with Crippen molar-refractivity contribution in [2.24, 2.45) is 0 Å². The summed E-state index contributed by atoms with van der Waals surface area (Å²) in [4.78, 5) is 14.8. The topological polar surface area (TPSA) is 61.7 Å². The van der Waals surface area contributed by atoms with Gasteiger partial charge in [0, 0.05) is 37.9 Å². The molecular weight excluding hydrogens is 771 g/mol. The molecule has 0 fully saturated rings. The maximum atomic E-state index is 10.1. The van der Waals surface area contributed by atoms with E-state index in [-0.39, 0.29) is 33.1 Å². The average molecular weight is 829 g/mol. The molecule has 0 aliphatic carbocycles. The van der Waals surface area contributed by atoms with Gasteiger partial charge >= 0.3 is 0 Å². The minimum atomic E-state index is -0.859. The minimum absolute atomic E-state index is 0.199. The van der Waals surface area contributed by atoms with E-state index in [0.29, 0.717) is 22.3 Å². The number of aromatic nitrogens is 5. The first-order chi connectivity index (χ1) is 40.8. The van der Waals surface area contributed by atoms with Crippen LogP contribution >= 0.6 is 0 Å². The molecule has 0 amide bonds. The number of nitrogens with zero attached hydrogens (tertiary/aromatic N) is 5. The van der Waals surface area contributed by atoms with Gasteiger partial charge in [0.2, 0.25) is 11.9 Å². The molecule has 63 heavy (non-hydrogen) atoms. The van der Waals surface area contributed by atoms with Crippen molar-refractivity contribution in [1.82, 2.24) is 24.1 Å². The van der Waals surface area contributed by atoms with Crippen LogP contribution in [0, 0.1) is 0 Å². The summed E-state index contributed by atoms with van der Waals surface area (Å²) in [6.45, 7) is 0. The molecule has 0 saturated carbocycles. The van der Waals surface area contributed by atoms with Gasteiger partial charge in [-0.2, -0.15) is 15.0 Å². The van der Waals surface area contributed by atoms with E-state index < -0.39 is 195 Å². The maximum absolute atomic E-state index is 10.1. The first-order valence-corrected chi connectivity index (χ1v) is 19.3. The van der Waals surface area contributed by atoms with Crippen molar-refractivity contribution >= 4 is 65.6 Å². The van der Waals surface area contributed by atoms with Crippen LogP contribution in [0.2, 0.25) is 0 Å². The Kier molecular flexibility index (Phi) is 4.30. The van der Waals surface area contributed by atoms with Crippen LogP contribution in [0.4, 0.5) is 0 Å². The molecule has 0 aliphatic rings. The SMILES string of the molecule is [2H]c1c([2H])c([2H])c(-c2cc3c(c([2H])c2[2H])c2c([2H])c([2H])c(-c4c([2H])c([2H])c([2H])c([2H])c4[2H])c([2H])c2n3-c2nc(-c3cccc(-c4ccc5oc6ccccc6c5c4)c3)nc(-n3c4c([2H])c([2H])c([2H])c([2H])c4c4c([2H])c([2H])c([2H])c([2H])c43)n2)c([2H])c1[2H]. The first-order valence-electron chi connectivity index (χ1n) is 30.8. The summed E-state index contributed by atoms with van der Waals surface area (Å²) in [5.74, 6) is -1.48. The fourth-order valence-corrected chi connectivity index (χ4v) is 7.95. The summed E-state index contributed by atoms with van der Waals surface area (Å²) in [5.41, 5.74) is -1.31. The average Bonchev–Trinajstić information content (AvgIpc) is 1.56. The summed E-state index contributed by atoms with van der Waals surface area (Å²) >= 11 is 0. The second kappa shape index (κ2) is 14.0. The van der Waals surface area contributed by atoms with E-state index in [2.05, 4.69) is 0 Å². The first kappa shape index (κ1) is 19.4. The van der Waals surface area contributed by atoms with E-state index in [1.54, 1.807) is 30.3 Å². The molecule has 6 heteroatoms. The van der Waals surface area contributed by atoms with Crippen molar-refractivity contribution in [2.45, 2.75) is 0 Å². The van der Waals surface area contributed by atoms with Crippen LogP contribution < -0.4 is 0 Å². The lowest BCUT2D eigenvalue weighted by Crippen LogP contribution is -2.10. The van der Waals surface area contributed by atoms with Gasteiger partial charge in [-0.25, -0.2) is 0 Å². The van der Waals surface area contributed by atoms with Gasteiger partial charge in [-0.1, -0.05) is 163 Å². The fourth-order valence-electron chi connectivity index (χ4n) is 7.95. The molecule has 294 valence electrons. The lowest BCUT2D eigenvalue weighted by molar-refractivity contribution is 0.669. The van der Waals surface area contributed by atoms with Crippen molar-refractivity contribution in [1.29, 1.82) is 0 Å². The van der Waals surface area contributed by atoms with Gasteiger partial charge in [-0.3, -0.25) is 9.13 Å². The molecule has 0 bridgehead atoms. The molecule has 0 unspecified atom stereocenters. The highest BCUT2D eigenvalue weighted by Gasteiger charge is 2.22. The number of furan rings is 1. The Labute approximate surface area is 393 Å². The highest BCUT2D eigenvalue weighted by molar-refractivity contribution is 6.12. The van der Waals surface area contributed by atoms with Crippen LogP contribution in [-0.2, 0) is 0 Å². The second-order valence-electron chi connectivity index (χ2n) is 14.3. The molecule has 4 heterocycles. The molecule has 9 aromatic carbocycles. The lowest BCUT2D eigenvalue weighted by Gasteiger charge is -2.14. The van der Waals surface area contributed by atoms with Crippen LogP contribution in [0.3, 0.4) is 0 Å². The quantitative estimate of drug-likeness (QED) is 0.167. The number of hydrogen-bond acceptors (Lipinski definition) is 4. The molecule has 0 saturated heterocycles. The molecule has 0 atom stereocenters. The van der Waals surface area contributed by atoms with Crippen molar-refractivity contribution in [3.8, 4) is 56.7 Å². The molecule has 0 spiro atoms. The number of fused-ring (bicyclic) bond motifs is 9. The van der Waals surface area contributed by atoms with E-state index in [1.165, 1.54) is 0 Å². The fraction of sp³-hybridized carbons (Fsp3) is 0. The highest BCUT2D eigenvalue weighted by atomic mass is 16.3. The number of benzene rings is 9. The summed E-state index contributed by atoms with van der Waals surface area (Å²) in [5, 5.41) is 0.114. The van der Waals surface area contributed by atoms with Gasteiger partial charge < -0.3 is 4.42 Å². The standard InChI is InChI=1S/C57H35N5O/c1-3-14-36(15-4-1)40-26-29-45-46-30-27-41(37-16-5-2-6-17-37)35-52(46)62(51(45)34-40)57-59-55(58-56(60-57)61-49-23-10-7-20-43(49)44-21-8-11-24-50(44)61)42-19-13-18-38(32-42)39-28-31-54-48(33-39)47-22-9-12-25-53(47)63-54/h1-35H/i1D,2D,3D,4D,5D,6D,7D,8D,10D,11D,14D,15D,16D,17D,20D,21D,23D,24D,26D,27D,29D,30D,34D. The van der Waals surface area contributed by atoms with Crippen LogP contribution in [-0.4, -0.2) is 24.1 Å². The Hall–Kier alpha value is -8.61. The third-order valence-corrected chi connectivity index (χ3v) is 10.8. The van der Waals surface area contributed by atoms with E-state index >= 15 is 0 Å². The molecule has 4 aromatic heterocycles. The van der Waals surface area contributed by atoms with Crippen molar-refractivity contribution in [3.05, 3.63) is 212 Å². The predicted molar refractivity (Wildman–Crippen MR) is 258 cm³/mol. The van der Waals surface area contributed by atoms with Crippen molar-refractivity contribution in [3.63, 3.8) is 0 Å². The normalized spacial score (nSPS) is 16.9. The Morgan fingerprint density at radius 3 is 1.67 bits per heavy atom. The Balaban J connectivity index is 1.23. The monoisotopic (exact) mass is 828 g/mol. The van der Waals surface area contributed by atoms with E-state index in [4.69, 9.17) is 41.3 Å². The second-order valence-corrected chi connectivity index (χ2v) is 14.3. The summed E-state index contributed by atoms with van der Waals surface area (Å²) < 4.78 is 216. The highest BCUT2D eigenvalue weighted by Crippen LogP contribution is 2.39. The van der Waals surface area contributed by atoms with Crippen LogP contribution in [0.15, 0.2) is 216 Å². The van der Waals surface area contributed by atoms with Crippen molar-refractivity contribution in [2.75, 3.05) is 0 Å².